The third-order valence-corrected chi connectivity index (χ3v) is 7.82. The molecular formula is C28H19F7N6O4. The summed E-state index contributed by atoms with van der Waals surface area (Å²) >= 11 is 0. The molecule has 10 nitrogen and oxygen atoms in total. The molecule has 3 aliphatic rings. The minimum atomic E-state index is -4.91. The molecular weight excluding hydrogens is 617 g/mol. The van der Waals surface area contributed by atoms with Crippen molar-refractivity contribution >= 4 is 45.3 Å². The van der Waals surface area contributed by atoms with E-state index in [-0.39, 0.29) is 57.0 Å². The van der Waals surface area contributed by atoms with Gasteiger partial charge < -0.3 is 9.80 Å². The van der Waals surface area contributed by atoms with Gasteiger partial charge in [0.25, 0.3) is 0 Å². The number of ketones is 2. The zero-order chi connectivity index (χ0) is 32.1. The lowest BCUT2D eigenvalue weighted by molar-refractivity contribution is -0.400. The van der Waals surface area contributed by atoms with E-state index in [1.54, 1.807) is 28.8 Å². The highest BCUT2D eigenvalue weighted by atomic mass is 19.4. The van der Waals surface area contributed by atoms with Crippen molar-refractivity contribution < 1.29 is 49.9 Å². The van der Waals surface area contributed by atoms with Gasteiger partial charge in [-0.15, -0.1) is 0 Å². The molecule has 7 rings (SSSR count). The second kappa shape index (κ2) is 9.60. The Morgan fingerprint density at radius 2 is 1.64 bits per heavy atom. The highest BCUT2D eigenvalue weighted by molar-refractivity contribution is 6.51. The van der Waals surface area contributed by atoms with E-state index in [2.05, 4.69) is 14.8 Å². The zero-order valence-corrected chi connectivity index (χ0v) is 22.7. The zero-order valence-electron chi connectivity index (χ0n) is 22.7. The molecule has 1 aliphatic carbocycles. The van der Waals surface area contributed by atoms with Gasteiger partial charge in [-0.3, -0.25) is 23.4 Å². The van der Waals surface area contributed by atoms with Crippen LogP contribution in [0.4, 0.5) is 35.5 Å². The summed E-state index contributed by atoms with van der Waals surface area (Å²) < 4.78 is 104. The van der Waals surface area contributed by atoms with Crippen LogP contribution in [0.5, 0.6) is 0 Å². The number of carbonyl (C=O) groups is 3. The van der Waals surface area contributed by atoms with Crippen molar-refractivity contribution in [3.05, 3.63) is 65.2 Å². The van der Waals surface area contributed by atoms with Crippen molar-refractivity contribution in [3.63, 3.8) is 0 Å². The van der Waals surface area contributed by atoms with Gasteiger partial charge in [0.2, 0.25) is 0 Å². The number of benzene rings is 1. The number of nitrogens with zero attached hydrogens (tertiary/aromatic N) is 6. The van der Waals surface area contributed by atoms with E-state index in [9.17, 15) is 45.1 Å². The number of aromatic nitrogens is 4. The number of Topliss-reactive ketones (excluding diaryl/α,β-unsaturated/α-hetero) is 2. The second-order valence-corrected chi connectivity index (χ2v) is 10.9. The van der Waals surface area contributed by atoms with E-state index in [4.69, 9.17) is 0 Å². The number of urea groups is 1. The molecule has 234 valence electrons. The van der Waals surface area contributed by atoms with Crippen LogP contribution in [0, 0.1) is 0 Å². The van der Waals surface area contributed by atoms with Crippen molar-refractivity contribution in [2.75, 3.05) is 19.6 Å². The molecule has 0 saturated carbocycles. The van der Waals surface area contributed by atoms with E-state index in [1.165, 1.54) is 10.9 Å². The monoisotopic (exact) mass is 636 g/mol. The van der Waals surface area contributed by atoms with Crippen LogP contribution in [-0.2, 0) is 33.6 Å². The number of pyridine rings is 1. The maximum absolute atomic E-state index is 14.2. The maximum atomic E-state index is 14.2. The predicted molar refractivity (Wildman–Crippen MR) is 140 cm³/mol. The number of hydrogen-bond donors (Lipinski definition) is 0. The molecule has 0 bridgehead atoms. The largest absolute Gasteiger partial charge is 0.416 e. The highest BCUT2D eigenvalue weighted by Gasteiger charge is 2.53. The van der Waals surface area contributed by atoms with Crippen LogP contribution in [0.15, 0.2) is 42.7 Å². The number of rotatable bonds is 2. The Hall–Kier alpha value is -4.80. The van der Waals surface area contributed by atoms with Gasteiger partial charge in [0.15, 0.2) is 11.6 Å². The molecule has 2 aliphatic heterocycles. The van der Waals surface area contributed by atoms with E-state index in [1.807, 2.05) is 0 Å². The summed E-state index contributed by atoms with van der Waals surface area (Å²) in [5.74, 6) is -1.23. The number of fused-ring (bicyclic) bond motifs is 1. The topological polar surface area (TPSA) is 102 Å². The van der Waals surface area contributed by atoms with Gasteiger partial charge in [-0.25, -0.2) is 9.78 Å². The fourth-order valence-electron chi connectivity index (χ4n) is 6.06. The van der Waals surface area contributed by atoms with Crippen LogP contribution in [0.25, 0.3) is 27.7 Å². The van der Waals surface area contributed by atoms with Crippen LogP contribution in [0.2, 0.25) is 0 Å². The molecule has 0 radical (unpaired) electrons. The number of halogens is 7. The smallest absolute Gasteiger partial charge is 0.318 e. The number of ether oxygens (including phenoxy) is 1. The first-order chi connectivity index (χ1) is 21.1. The Morgan fingerprint density at radius 1 is 0.933 bits per heavy atom. The number of morpholine rings is 1. The summed E-state index contributed by atoms with van der Waals surface area (Å²) in [6.07, 6.45) is -11.2. The van der Waals surface area contributed by atoms with E-state index < -0.39 is 67.6 Å². The van der Waals surface area contributed by atoms with Crippen molar-refractivity contribution in [1.82, 2.24) is 29.0 Å². The molecule has 5 heterocycles. The summed E-state index contributed by atoms with van der Waals surface area (Å²) in [7, 11) is 0. The second-order valence-electron chi connectivity index (χ2n) is 10.9. The van der Waals surface area contributed by atoms with Crippen LogP contribution in [0.1, 0.15) is 28.9 Å². The Morgan fingerprint density at radius 3 is 2.36 bits per heavy atom. The molecule has 0 atom stereocenters. The molecule has 0 unspecified atom stereocenters. The van der Waals surface area contributed by atoms with E-state index in [0.717, 1.165) is 17.0 Å². The fourth-order valence-corrected chi connectivity index (χ4v) is 6.06. The van der Waals surface area contributed by atoms with Gasteiger partial charge in [0.05, 0.1) is 47.1 Å². The van der Waals surface area contributed by atoms with Crippen LogP contribution in [-0.4, -0.2) is 78.4 Å². The molecule has 17 heteroatoms. The minimum Gasteiger partial charge on any atom is -0.318 e. The van der Waals surface area contributed by atoms with Crippen LogP contribution in [0.3, 0.4) is 0 Å². The molecule has 45 heavy (non-hydrogen) atoms. The Kier molecular flexibility index (Phi) is 6.17. The summed E-state index contributed by atoms with van der Waals surface area (Å²) in [5.41, 5.74) is -0.918. The third kappa shape index (κ3) is 4.81. The normalized spacial score (nSPS) is 20.1. The van der Waals surface area contributed by atoms with Crippen molar-refractivity contribution in [3.8, 4) is 0 Å². The lowest BCUT2D eigenvalue weighted by Gasteiger charge is -2.39. The number of carbonyl (C=O) groups excluding carboxylic acids is 3. The lowest BCUT2D eigenvalue weighted by atomic mass is 9.98. The van der Waals surface area contributed by atoms with Crippen LogP contribution < -0.4 is 0 Å². The number of hydrogen-bond acceptors (Lipinski definition) is 6. The molecule has 0 N–H and O–H groups in total. The summed E-state index contributed by atoms with van der Waals surface area (Å²) in [6, 6.07) is 5.32. The Labute approximate surface area is 247 Å². The first-order valence-electron chi connectivity index (χ1n) is 13.5. The Bertz CT molecular complexity index is 1960. The molecule has 1 aromatic carbocycles. The molecule has 1 fully saturated rings. The molecule has 1 saturated heterocycles. The summed E-state index contributed by atoms with van der Waals surface area (Å²) in [4.78, 5) is 44.9. The molecule has 4 aromatic rings. The molecule has 3 aromatic heterocycles. The van der Waals surface area contributed by atoms with Gasteiger partial charge in [-0.05, 0) is 29.8 Å². The fraction of sp³-hybridized carbons (Fsp3) is 0.321. The van der Waals surface area contributed by atoms with Crippen molar-refractivity contribution in [2.24, 2.45) is 0 Å². The summed E-state index contributed by atoms with van der Waals surface area (Å²) in [5, 5.41) is 4.30. The average molecular weight is 636 g/mol. The molecule has 2 amide bonds. The Balaban J connectivity index is 1.37. The predicted octanol–water partition coefficient (Wildman–Crippen LogP) is 4.61. The molecule has 0 spiro atoms. The quantitative estimate of drug-likeness (QED) is 0.236. The van der Waals surface area contributed by atoms with Gasteiger partial charge >= 0.3 is 24.4 Å². The number of amides is 2. The standard InChI is InChI=1S/C28H19F7N6O4/c29-26(30)12-39(13-27(31,32)45-26)25(44)38-5-6-41-24-14(11-38)7-15(28(33,34)35)8-16(24)23(37-41)22-19(43)9-18(42)21(22)17-10-36-20-3-1-2-4-40(17)20/h1-4,7-8,10H,5-6,9,11-13H2. The number of allylic oxidation sites excluding steroid dienone is 2. The average Bonchev–Trinajstić information content (AvgIpc) is 3.56. The maximum Gasteiger partial charge on any atom is 0.416 e. The SMILES string of the molecule is O=C1CC(=O)C(c2cnc3ccccn23)=C1c1nn2c3c(cc(C(F)(F)F)cc13)CN(C(=O)N1CC(F)(F)OC(F)(F)C1)CC2. The highest BCUT2D eigenvalue weighted by Crippen LogP contribution is 2.42. The summed E-state index contributed by atoms with van der Waals surface area (Å²) in [6.45, 7) is -4.06. The minimum absolute atomic E-state index is 0.0627. The first kappa shape index (κ1) is 28.9. The van der Waals surface area contributed by atoms with Crippen molar-refractivity contribution in [1.29, 1.82) is 0 Å². The van der Waals surface area contributed by atoms with E-state index in [0.29, 0.717) is 5.65 Å². The number of alkyl halides is 7. The number of imidazole rings is 1. The van der Waals surface area contributed by atoms with Gasteiger partial charge in [-0.1, -0.05) is 6.07 Å². The van der Waals surface area contributed by atoms with Crippen molar-refractivity contribution in [2.45, 2.75) is 37.9 Å². The lowest BCUT2D eigenvalue weighted by Crippen LogP contribution is -2.59. The first-order valence-corrected chi connectivity index (χ1v) is 13.5. The van der Waals surface area contributed by atoms with E-state index >= 15 is 0 Å². The third-order valence-electron chi connectivity index (χ3n) is 7.82. The van der Waals surface area contributed by atoms with Gasteiger partial charge in [0, 0.05) is 24.7 Å². The van der Waals surface area contributed by atoms with Gasteiger partial charge in [-0.2, -0.15) is 35.8 Å². The van der Waals surface area contributed by atoms with Crippen LogP contribution >= 0.6 is 0 Å². The van der Waals surface area contributed by atoms with Gasteiger partial charge in [0.1, 0.15) is 24.4 Å².